The highest BCUT2D eigenvalue weighted by Crippen LogP contribution is 2.35. The Morgan fingerprint density at radius 1 is 1.03 bits per heavy atom. The number of carbonyl (C=O) groups excluding carboxylic acids is 2. The Morgan fingerprint density at radius 2 is 1.81 bits per heavy atom. The average Bonchev–Trinajstić information content (AvgIpc) is 3.44. The predicted octanol–water partition coefficient (Wildman–Crippen LogP) is 5.83. The number of benzene rings is 3. The first-order valence-corrected chi connectivity index (χ1v) is 11.1. The molecule has 0 unspecified atom stereocenters. The second-order valence-electron chi connectivity index (χ2n) is 8.23. The number of carbonyl (C=O) groups is 2. The third-order valence-electron chi connectivity index (χ3n) is 5.76. The van der Waals surface area contributed by atoms with Crippen LogP contribution < -0.4 is 10.1 Å². The van der Waals surface area contributed by atoms with Crippen LogP contribution in [-0.4, -0.2) is 28.1 Å². The molecule has 2 heterocycles. The van der Waals surface area contributed by atoms with E-state index >= 15 is 0 Å². The van der Waals surface area contributed by atoms with Gasteiger partial charge in [-0.25, -0.2) is 9.59 Å². The van der Waals surface area contributed by atoms with E-state index in [0.717, 1.165) is 24.2 Å². The Morgan fingerprint density at radius 3 is 2.58 bits per heavy atom. The molecule has 3 aromatic carbocycles. The van der Waals surface area contributed by atoms with Gasteiger partial charge < -0.3 is 19.8 Å². The van der Waals surface area contributed by atoms with Crippen molar-refractivity contribution in [1.82, 2.24) is 15.3 Å². The third-order valence-corrected chi connectivity index (χ3v) is 6.07. The maximum atomic E-state index is 12.4. The molecule has 4 aromatic rings. The number of aryl methyl sites for hydroxylation is 1. The van der Waals surface area contributed by atoms with Crippen LogP contribution in [0, 0.1) is 6.92 Å². The molecule has 1 aliphatic heterocycles. The van der Waals surface area contributed by atoms with Crippen molar-refractivity contribution in [2.24, 2.45) is 0 Å². The van der Waals surface area contributed by atoms with Gasteiger partial charge in [0.1, 0.15) is 5.75 Å². The van der Waals surface area contributed by atoms with Crippen molar-refractivity contribution >= 4 is 34.6 Å². The first kappa shape index (κ1) is 23.8. The molecule has 0 amide bonds. The second kappa shape index (κ2) is 8.96. The number of hydrogen-bond acceptors (Lipinski definition) is 6. The highest BCUT2D eigenvalue weighted by molar-refractivity contribution is 6.34. The van der Waals surface area contributed by atoms with E-state index in [2.05, 4.69) is 32.2 Å². The summed E-state index contributed by atoms with van der Waals surface area (Å²) in [5.41, 5.74) is 5.42. The number of nitrogens with zero attached hydrogens (tertiary/aromatic N) is 1. The third kappa shape index (κ3) is 4.65. The molecule has 0 radical (unpaired) electrons. The van der Waals surface area contributed by atoms with Crippen molar-refractivity contribution in [2.45, 2.75) is 26.2 Å². The lowest BCUT2D eigenvalue weighted by Gasteiger charge is -2.09. The molecule has 2 N–H and O–H groups in total. The van der Waals surface area contributed by atoms with Crippen molar-refractivity contribution in [1.29, 1.82) is 0 Å². The zero-order valence-corrected chi connectivity index (χ0v) is 19.4. The molecule has 184 valence electrons. The SMILES string of the molecule is Cc1ccc(Oc2nc3cc(-c4ccc5c(c4)CNC5)c(Cl)cc3[nH]2)cc1C(=O)OC(=O)C(F)(F)F. The number of esters is 2. The van der Waals surface area contributed by atoms with Crippen LogP contribution in [-0.2, 0) is 22.6 Å². The number of aromatic amines is 1. The molecule has 5 rings (SSSR count). The van der Waals surface area contributed by atoms with Crippen molar-refractivity contribution < 1.29 is 32.2 Å². The fourth-order valence-electron chi connectivity index (χ4n) is 3.93. The van der Waals surface area contributed by atoms with Gasteiger partial charge in [0.25, 0.3) is 6.01 Å². The lowest BCUT2D eigenvalue weighted by molar-refractivity contribution is -0.193. The smallest absolute Gasteiger partial charge is 0.426 e. The van der Waals surface area contributed by atoms with Crippen molar-refractivity contribution in [2.75, 3.05) is 0 Å². The fourth-order valence-corrected chi connectivity index (χ4v) is 4.20. The number of ether oxygens (including phenoxy) is 2. The Kier molecular flexibility index (Phi) is 5.93. The minimum absolute atomic E-state index is 0.0749. The molecule has 0 fully saturated rings. The van der Waals surface area contributed by atoms with Gasteiger partial charge in [0.2, 0.25) is 0 Å². The molecule has 0 saturated carbocycles. The topological polar surface area (TPSA) is 93.3 Å². The van der Waals surface area contributed by atoms with E-state index in [0.29, 0.717) is 21.6 Å². The van der Waals surface area contributed by atoms with E-state index in [4.69, 9.17) is 16.3 Å². The summed E-state index contributed by atoms with van der Waals surface area (Å²) in [4.78, 5) is 30.5. The van der Waals surface area contributed by atoms with Crippen LogP contribution in [0.3, 0.4) is 0 Å². The summed E-state index contributed by atoms with van der Waals surface area (Å²) in [5, 5.41) is 3.82. The highest BCUT2D eigenvalue weighted by Gasteiger charge is 2.42. The number of alkyl halides is 3. The summed E-state index contributed by atoms with van der Waals surface area (Å²) in [6, 6.07) is 13.9. The van der Waals surface area contributed by atoms with Gasteiger partial charge in [-0.05, 0) is 59.5 Å². The number of hydrogen-bond donors (Lipinski definition) is 2. The van der Waals surface area contributed by atoms with Crippen LogP contribution in [0.4, 0.5) is 13.2 Å². The largest absolute Gasteiger partial charge is 0.491 e. The minimum atomic E-state index is -5.29. The van der Waals surface area contributed by atoms with Gasteiger partial charge in [0, 0.05) is 18.7 Å². The van der Waals surface area contributed by atoms with Crippen molar-refractivity contribution in [3.05, 3.63) is 75.8 Å². The van der Waals surface area contributed by atoms with Crippen LogP contribution in [0.5, 0.6) is 11.8 Å². The number of halogens is 4. The summed E-state index contributed by atoms with van der Waals surface area (Å²) in [7, 11) is 0. The Bertz CT molecular complexity index is 1530. The number of nitrogens with one attached hydrogen (secondary N) is 2. The summed E-state index contributed by atoms with van der Waals surface area (Å²) >= 11 is 6.54. The molecule has 11 heteroatoms. The molecular weight excluding hydrogens is 499 g/mol. The Hall–Kier alpha value is -3.89. The van der Waals surface area contributed by atoms with Gasteiger partial charge in [-0.3, -0.25) is 0 Å². The molecule has 36 heavy (non-hydrogen) atoms. The van der Waals surface area contributed by atoms with Gasteiger partial charge in [0.15, 0.2) is 0 Å². The van der Waals surface area contributed by atoms with Crippen LogP contribution in [0.15, 0.2) is 48.5 Å². The fraction of sp³-hybridized carbons (Fsp3) is 0.160. The van der Waals surface area contributed by atoms with Gasteiger partial charge >= 0.3 is 18.1 Å². The molecule has 7 nitrogen and oxygen atoms in total. The summed E-state index contributed by atoms with van der Waals surface area (Å²) in [5.74, 6) is -3.93. The zero-order chi connectivity index (χ0) is 25.6. The lowest BCUT2D eigenvalue weighted by atomic mass is 10.00. The monoisotopic (exact) mass is 515 g/mol. The molecule has 1 aliphatic rings. The number of fused-ring (bicyclic) bond motifs is 2. The van der Waals surface area contributed by atoms with Gasteiger partial charge in [-0.1, -0.05) is 29.8 Å². The summed E-state index contributed by atoms with van der Waals surface area (Å²) < 4.78 is 46.9. The number of rotatable bonds is 4. The van der Waals surface area contributed by atoms with Crippen LogP contribution in [0.1, 0.15) is 27.0 Å². The zero-order valence-electron chi connectivity index (χ0n) is 18.6. The first-order chi connectivity index (χ1) is 17.1. The Balaban J connectivity index is 1.41. The van der Waals surface area contributed by atoms with E-state index in [1.165, 1.54) is 36.2 Å². The van der Waals surface area contributed by atoms with E-state index < -0.39 is 18.1 Å². The lowest BCUT2D eigenvalue weighted by Crippen LogP contribution is -2.28. The number of aromatic nitrogens is 2. The van der Waals surface area contributed by atoms with Gasteiger partial charge in [0.05, 0.1) is 21.6 Å². The molecule has 0 saturated heterocycles. The second-order valence-corrected chi connectivity index (χ2v) is 8.64. The van der Waals surface area contributed by atoms with Crippen molar-refractivity contribution in [3.63, 3.8) is 0 Å². The number of imidazole rings is 1. The average molecular weight is 516 g/mol. The molecule has 0 bridgehead atoms. The summed E-state index contributed by atoms with van der Waals surface area (Å²) in [6.45, 7) is 3.11. The molecule has 1 aromatic heterocycles. The standard InChI is InChI=1S/C25H17ClF3N3O4/c1-12-2-5-16(7-17(12)22(33)36-23(34)25(27,28)29)35-24-31-20-8-18(19(26)9-21(20)32-24)13-3-4-14-10-30-11-15(14)6-13/h2-9,30H,10-11H2,1H3,(H,31,32). The summed E-state index contributed by atoms with van der Waals surface area (Å²) in [6.07, 6.45) is -5.29. The normalized spacial score (nSPS) is 13.0. The van der Waals surface area contributed by atoms with E-state index in [1.54, 1.807) is 6.07 Å². The number of H-pyrrole nitrogens is 1. The molecule has 0 spiro atoms. The predicted molar refractivity (Wildman–Crippen MR) is 125 cm³/mol. The van der Waals surface area contributed by atoms with Crippen LogP contribution >= 0.6 is 11.6 Å². The van der Waals surface area contributed by atoms with Crippen LogP contribution in [0.2, 0.25) is 5.02 Å². The quantitative estimate of drug-likeness (QED) is 0.262. The minimum Gasteiger partial charge on any atom is -0.426 e. The van der Waals surface area contributed by atoms with E-state index in [1.807, 2.05) is 12.1 Å². The van der Waals surface area contributed by atoms with E-state index in [-0.39, 0.29) is 17.3 Å². The highest BCUT2D eigenvalue weighted by atomic mass is 35.5. The molecule has 0 aliphatic carbocycles. The molecular formula is C25H17ClF3N3O4. The first-order valence-electron chi connectivity index (χ1n) is 10.7. The van der Waals surface area contributed by atoms with Gasteiger partial charge in [-0.15, -0.1) is 0 Å². The van der Waals surface area contributed by atoms with Gasteiger partial charge in [-0.2, -0.15) is 18.2 Å². The van der Waals surface area contributed by atoms with Crippen molar-refractivity contribution in [3.8, 4) is 22.9 Å². The Labute approximate surface area is 207 Å². The molecule has 0 atom stereocenters. The maximum Gasteiger partial charge on any atom is 0.491 e. The van der Waals surface area contributed by atoms with Crippen LogP contribution in [0.25, 0.3) is 22.2 Å². The maximum absolute atomic E-state index is 12.4. The van der Waals surface area contributed by atoms with E-state index in [9.17, 15) is 22.8 Å².